The van der Waals surface area contributed by atoms with Crippen LogP contribution in [0.4, 0.5) is 8.78 Å². The first-order valence-corrected chi connectivity index (χ1v) is 8.50. The molecule has 0 unspecified atom stereocenters. The highest BCUT2D eigenvalue weighted by atomic mass is 19.3. The average molecular weight is 366 g/mol. The van der Waals surface area contributed by atoms with Crippen LogP contribution in [0.1, 0.15) is 12.7 Å². The van der Waals surface area contributed by atoms with Gasteiger partial charge in [0, 0.05) is 18.2 Å². The predicted octanol–water partition coefficient (Wildman–Crippen LogP) is 4.65. The number of halogens is 2. The summed E-state index contributed by atoms with van der Waals surface area (Å²) in [6, 6.07) is 16.0. The molecule has 136 valence electrons. The van der Waals surface area contributed by atoms with E-state index in [1.54, 1.807) is 18.3 Å². The highest BCUT2D eigenvalue weighted by Crippen LogP contribution is 2.24. The summed E-state index contributed by atoms with van der Waals surface area (Å²) >= 11 is 0. The highest BCUT2D eigenvalue weighted by molar-refractivity contribution is 5.78. The molecule has 0 atom stereocenters. The molecule has 5 nitrogen and oxygen atoms in total. The number of hydrogen-bond donors (Lipinski definition) is 0. The highest BCUT2D eigenvalue weighted by Gasteiger charge is 2.13. The molecule has 0 aliphatic rings. The van der Waals surface area contributed by atoms with Gasteiger partial charge in [-0.25, -0.2) is 15.0 Å². The number of ether oxygens (including phenoxy) is 1. The molecule has 0 fully saturated rings. The lowest BCUT2D eigenvalue weighted by Crippen LogP contribution is -2.04. The maximum atomic E-state index is 12.3. The van der Waals surface area contributed by atoms with E-state index < -0.39 is 6.61 Å². The molecule has 27 heavy (non-hydrogen) atoms. The minimum atomic E-state index is -2.85. The first-order chi connectivity index (χ1) is 13.2. The van der Waals surface area contributed by atoms with Crippen LogP contribution < -0.4 is 4.74 Å². The monoisotopic (exact) mass is 366 g/mol. The number of rotatable bonds is 5. The van der Waals surface area contributed by atoms with Crippen LogP contribution in [-0.4, -0.2) is 26.1 Å². The Balaban J connectivity index is 1.75. The van der Waals surface area contributed by atoms with Gasteiger partial charge in [-0.3, -0.25) is 4.57 Å². The van der Waals surface area contributed by atoms with Crippen LogP contribution in [-0.2, 0) is 6.42 Å². The predicted molar refractivity (Wildman–Crippen MR) is 98.1 cm³/mol. The molecule has 2 aromatic carbocycles. The number of nitrogens with zero attached hydrogens (tertiary/aromatic N) is 4. The van der Waals surface area contributed by atoms with Gasteiger partial charge in [-0.15, -0.1) is 0 Å². The number of para-hydroxylation sites is 2. The van der Waals surface area contributed by atoms with Crippen LogP contribution >= 0.6 is 0 Å². The second-order valence-electron chi connectivity index (χ2n) is 5.85. The lowest BCUT2D eigenvalue weighted by Gasteiger charge is -2.09. The quantitative estimate of drug-likeness (QED) is 0.516. The van der Waals surface area contributed by atoms with E-state index in [4.69, 9.17) is 0 Å². The Kier molecular flexibility index (Phi) is 4.50. The maximum absolute atomic E-state index is 12.3. The van der Waals surface area contributed by atoms with E-state index in [9.17, 15) is 8.78 Å². The van der Waals surface area contributed by atoms with Crippen molar-refractivity contribution in [2.75, 3.05) is 0 Å². The number of aryl methyl sites for hydroxylation is 1. The third-order valence-electron chi connectivity index (χ3n) is 4.15. The molecule has 4 rings (SSSR count). The zero-order chi connectivity index (χ0) is 18.8. The average Bonchev–Trinajstić information content (AvgIpc) is 3.07. The molecule has 0 aliphatic carbocycles. The zero-order valence-corrected chi connectivity index (χ0v) is 14.5. The summed E-state index contributed by atoms with van der Waals surface area (Å²) in [6.07, 6.45) is 2.43. The third-order valence-corrected chi connectivity index (χ3v) is 4.15. The summed E-state index contributed by atoms with van der Waals surface area (Å²) in [4.78, 5) is 13.6. The molecule has 7 heteroatoms. The van der Waals surface area contributed by atoms with E-state index >= 15 is 0 Å². The topological polar surface area (TPSA) is 52.8 Å². The minimum Gasteiger partial charge on any atom is -0.435 e. The Morgan fingerprint density at radius 3 is 2.52 bits per heavy atom. The van der Waals surface area contributed by atoms with Gasteiger partial charge in [0.05, 0.1) is 11.0 Å². The van der Waals surface area contributed by atoms with Crippen LogP contribution in [0.3, 0.4) is 0 Å². The summed E-state index contributed by atoms with van der Waals surface area (Å²) in [6.45, 7) is -0.806. The van der Waals surface area contributed by atoms with Gasteiger partial charge in [0.25, 0.3) is 0 Å². The Morgan fingerprint density at radius 1 is 1.00 bits per heavy atom. The molecule has 2 aromatic heterocycles. The maximum Gasteiger partial charge on any atom is 0.387 e. The zero-order valence-electron chi connectivity index (χ0n) is 14.5. The first kappa shape index (κ1) is 17.1. The van der Waals surface area contributed by atoms with E-state index in [0.717, 1.165) is 23.3 Å². The largest absolute Gasteiger partial charge is 0.435 e. The summed E-state index contributed by atoms with van der Waals surface area (Å²) in [5.74, 6) is 2.20. The fourth-order valence-corrected chi connectivity index (χ4v) is 2.97. The molecule has 0 bridgehead atoms. The van der Waals surface area contributed by atoms with Gasteiger partial charge in [0.1, 0.15) is 17.4 Å². The van der Waals surface area contributed by atoms with E-state index in [-0.39, 0.29) is 5.75 Å². The van der Waals surface area contributed by atoms with Crippen molar-refractivity contribution in [1.82, 2.24) is 19.5 Å². The van der Waals surface area contributed by atoms with Gasteiger partial charge in [-0.05, 0) is 42.5 Å². The first-order valence-electron chi connectivity index (χ1n) is 8.50. The smallest absolute Gasteiger partial charge is 0.387 e. The van der Waals surface area contributed by atoms with Gasteiger partial charge < -0.3 is 4.74 Å². The Morgan fingerprint density at radius 2 is 1.78 bits per heavy atom. The van der Waals surface area contributed by atoms with Crippen molar-refractivity contribution in [3.63, 3.8) is 0 Å². The Bertz CT molecular complexity index is 1080. The van der Waals surface area contributed by atoms with E-state index in [2.05, 4.69) is 19.7 Å². The van der Waals surface area contributed by atoms with Crippen LogP contribution in [0, 0.1) is 0 Å². The Hall–Kier alpha value is -3.35. The van der Waals surface area contributed by atoms with Crippen molar-refractivity contribution in [3.05, 3.63) is 66.6 Å². The summed E-state index contributed by atoms with van der Waals surface area (Å²) in [7, 11) is 0. The second kappa shape index (κ2) is 7.11. The van der Waals surface area contributed by atoms with Crippen LogP contribution in [0.15, 0.2) is 60.8 Å². The van der Waals surface area contributed by atoms with Gasteiger partial charge in [-0.1, -0.05) is 19.1 Å². The van der Waals surface area contributed by atoms with Crippen molar-refractivity contribution < 1.29 is 13.5 Å². The minimum absolute atomic E-state index is 0.0961. The molecule has 0 spiro atoms. The number of imidazole rings is 1. The van der Waals surface area contributed by atoms with E-state index in [0.29, 0.717) is 17.2 Å². The molecule has 0 aliphatic heterocycles. The molecule has 0 saturated carbocycles. The van der Waals surface area contributed by atoms with Gasteiger partial charge >= 0.3 is 6.61 Å². The van der Waals surface area contributed by atoms with E-state index in [1.165, 1.54) is 12.1 Å². The molecule has 4 aromatic rings. The van der Waals surface area contributed by atoms with Crippen molar-refractivity contribution >= 4 is 11.0 Å². The molecule has 2 heterocycles. The van der Waals surface area contributed by atoms with Crippen LogP contribution in [0.2, 0.25) is 0 Å². The molecule has 0 saturated heterocycles. The molecule has 0 radical (unpaired) electrons. The number of aromatic nitrogens is 4. The number of benzene rings is 2. The van der Waals surface area contributed by atoms with Gasteiger partial charge in [0.2, 0.25) is 0 Å². The fourth-order valence-electron chi connectivity index (χ4n) is 2.97. The van der Waals surface area contributed by atoms with Crippen molar-refractivity contribution in [3.8, 4) is 23.0 Å². The molecule has 0 N–H and O–H groups in total. The summed E-state index contributed by atoms with van der Waals surface area (Å²) in [5.41, 5.74) is 2.59. The number of hydrogen-bond acceptors (Lipinski definition) is 4. The lowest BCUT2D eigenvalue weighted by atomic mass is 10.2. The molecule has 0 amide bonds. The van der Waals surface area contributed by atoms with Gasteiger partial charge in [-0.2, -0.15) is 8.78 Å². The number of fused-ring (bicyclic) bond motifs is 1. The third kappa shape index (κ3) is 3.36. The molecular formula is C20H16F2N4O. The summed E-state index contributed by atoms with van der Waals surface area (Å²) in [5, 5.41) is 0. The van der Waals surface area contributed by atoms with E-state index in [1.807, 2.05) is 41.8 Å². The van der Waals surface area contributed by atoms with Gasteiger partial charge in [0.15, 0.2) is 5.82 Å². The lowest BCUT2D eigenvalue weighted by molar-refractivity contribution is -0.0498. The van der Waals surface area contributed by atoms with Crippen LogP contribution in [0.5, 0.6) is 5.75 Å². The molecular weight excluding hydrogens is 350 g/mol. The Labute approximate surface area is 154 Å². The van der Waals surface area contributed by atoms with Crippen molar-refractivity contribution in [1.29, 1.82) is 0 Å². The van der Waals surface area contributed by atoms with Crippen molar-refractivity contribution in [2.24, 2.45) is 0 Å². The fraction of sp³-hybridized carbons (Fsp3) is 0.150. The summed E-state index contributed by atoms with van der Waals surface area (Å²) < 4.78 is 31.0. The SMILES string of the molecule is CCc1nc2ccccc2n1-c1ccnc(-c2ccc(OC(F)F)cc2)n1. The number of alkyl halides is 2. The second-order valence-corrected chi connectivity index (χ2v) is 5.85. The van der Waals surface area contributed by atoms with Crippen LogP contribution in [0.25, 0.3) is 28.2 Å². The normalized spacial score (nSPS) is 11.3. The van der Waals surface area contributed by atoms with Crippen molar-refractivity contribution in [2.45, 2.75) is 20.0 Å². The standard InChI is InChI=1S/C20H16F2N4O/c1-2-17-24-15-5-3-4-6-16(15)26(17)18-11-12-23-19(25-18)13-7-9-14(10-8-13)27-20(21)22/h3-12,20H,2H2,1H3.